The fourth-order valence-corrected chi connectivity index (χ4v) is 1.50. The first kappa shape index (κ1) is 12.4. The monoisotopic (exact) mass is 180 g/mol. The zero-order valence-corrected chi connectivity index (χ0v) is 10.1. The zero-order chi connectivity index (χ0) is 8.65. The van der Waals surface area contributed by atoms with Gasteiger partial charge in [-0.25, -0.2) is 0 Å². The van der Waals surface area contributed by atoms with Crippen molar-refractivity contribution in [3.8, 4) is 0 Å². The smallest absolute Gasteiger partial charge is 0.547 e. The molecule has 1 rings (SSSR count). The molecular formula is C8H13NaO3. The average Bonchev–Trinajstić information content (AvgIpc) is 2.39. The van der Waals surface area contributed by atoms with E-state index in [1.165, 1.54) is 0 Å². The van der Waals surface area contributed by atoms with Gasteiger partial charge >= 0.3 is 29.6 Å². The van der Waals surface area contributed by atoms with Gasteiger partial charge in [0.15, 0.2) is 0 Å². The van der Waals surface area contributed by atoms with Crippen LogP contribution in [0, 0.1) is 5.92 Å². The van der Waals surface area contributed by atoms with E-state index in [0.29, 0.717) is 5.92 Å². The minimum atomic E-state index is -1.09. The van der Waals surface area contributed by atoms with Crippen LogP contribution in [-0.4, -0.2) is 17.7 Å². The second-order valence-corrected chi connectivity index (χ2v) is 3.73. The third kappa shape index (κ3) is 2.73. The number of hydrogen-bond donors (Lipinski definition) is 0. The maximum absolute atomic E-state index is 10.3. The predicted octanol–water partition coefficient (Wildman–Crippen LogP) is -3.06. The van der Waals surface area contributed by atoms with Gasteiger partial charge in [-0.2, -0.15) is 0 Å². The van der Waals surface area contributed by atoms with Crippen LogP contribution in [0.4, 0.5) is 0 Å². The molecule has 0 bridgehead atoms. The van der Waals surface area contributed by atoms with E-state index >= 15 is 0 Å². The summed E-state index contributed by atoms with van der Waals surface area (Å²) >= 11 is 0. The van der Waals surface area contributed by atoms with Crippen molar-refractivity contribution in [3.63, 3.8) is 0 Å². The molecule has 0 spiro atoms. The fourth-order valence-electron chi connectivity index (χ4n) is 1.50. The molecule has 0 amide bonds. The fraction of sp³-hybridized carbons (Fsp3) is 0.875. The number of rotatable bonds is 3. The second-order valence-electron chi connectivity index (χ2n) is 3.73. The van der Waals surface area contributed by atoms with Gasteiger partial charge in [0.25, 0.3) is 0 Å². The number of carboxylic acids is 1. The van der Waals surface area contributed by atoms with Crippen molar-refractivity contribution in [2.45, 2.75) is 38.9 Å². The van der Waals surface area contributed by atoms with Crippen LogP contribution in [-0.2, 0) is 9.53 Å². The van der Waals surface area contributed by atoms with Crippen molar-refractivity contribution in [2.24, 2.45) is 5.92 Å². The Bertz CT molecular complexity index is 181. The minimum Gasteiger partial charge on any atom is -0.547 e. The molecule has 3 nitrogen and oxygen atoms in total. The molecular weight excluding hydrogens is 167 g/mol. The molecule has 0 saturated carbocycles. The summed E-state index contributed by atoms with van der Waals surface area (Å²) in [6.07, 6.45) is 0.107. The molecule has 12 heavy (non-hydrogen) atoms. The van der Waals surface area contributed by atoms with Crippen LogP contribution in [0.15, 0.2) is 0 Å². The molecule has 1 aliphatic heterocycles. The molecule has 0 aromatic heterocycles. The van der Waals surface area contributed by atoms with E-state index in [2.05, 4.69) is 0 Å². The standard InChI is InChI=1S/C8H14O3.Na/c1-5(2)4-8(3)6(11-8)7(9)10;/h5-6H,4H2,1-3H3,(H,9,10);/q;+1/p-1. The van der Waals surface area contributed by atoms with Gasteiger partial charge in [-0.3, -0.25) is 0 Å². The minimum absolute atomic E-state index is 0. The summed E-state index contributed by atoms with van der Waals surface area (Å²) in [5.74, 6) is -0.627. The summed E-state index contributed by atoms with van der Waals surface area (Å²) in [6, 6.07) is 0. The molecule has 1 aliphatic rings. The number of aliphatic carboxylic acids is 1. The average molecular weight is 180 g/mol. The first-order valence-electron chi connectivity index (χ1n) is 3.84. The van der Waals surface area contributed by atoms with Crippen LogP contribution < -0.4 is 34.7 Å². The molecule has 1 saturated heterocycles. The van der Waals surface area contributed by atoms with Gasteiger partial charge in [0.1, 0.15) is 6.10 Å². The molecule has 0 aromatic rings. The Hall–Kier alpha value is 0.430. The van der Waals surface area contributed by atoms with Gasteiger partial charge in [-0.1, -0.05) is 13.8 Å². The number of ether oxygens (including phenoxy) is 1. The Balaban J connectivity index is 0.00000121. The number of carboxylic acid groups (broad SMARTS) is 1. The predicted molar refractivity (Wildman–Crippen MR) is 37.7 cm³/mol. The van der Waals surface area contributed by atoms with Gasteiger partial charge < -0.3 is 14.6 Å². The van der Waals surface area contributed by atoms with Gasteiger partial charge in [0.2, 0.25) is 0 Å². The van der Waals surface area contributed by atoms with Crippen LogP contribution in [0.5, 0.6) is 0 Å². The van der Waals surface area contributed by atoms with Crippen molar-refractivity contribution in [2.75, 3.05) is 0 Å². The molecule has 1 heterocycles. The van der Waals surface area contributed by atoms with Gasteiger partial charge in [-0.15, -0.1) is 0 Å². The SMILES string of the molecule is CC(C)CC1(C)OC1C(=O)[O-].[Na+]. The maximum Gasteiger partial charge on any atom is 1.00 e. The Morgan fingerprint density at radius 1 is 1.67 bits per heavy atom. The van der Waals surface area contributed by atoms with E-state index in [4.69, 9.17) is 4.74 Å². The van der Waals surface area contributed by atoms with Crippen LogP contribution in [0.1, 0.15) is 27.2 Å². The maximum atomic E-state index is 10.3. The summed E-state index contributed by atoms with van der Waals surface area (Å²) in [4.78, 5) is 10.3. The summed E-state index contributed by atoms with van der Waals surface area (Å²) in [7, 11) is 0. The van der Waals surface area contributed by atoms with Crippen molar-refractivity contribution in [3.05, 3.63) is 0 Å². The first-order chi connectivity index (χ1) is 4.96. The quantitative estimate of drug-likeness (QED) is 0.342. The van der Waals surface area contributed by atoms with Gasteiger partial charge in [0, 0.05) is 0 Å². The van der Waals surface area contributed by atoms with Gasteiger partial charge in [0.05, 0.1) is 11.6 Å². The molecule has 64 valence electrons. The molecule has 0 N–H and O–H groups in total. The molecule has 1 fully saturated rings. The first-order valence-corrected chi connectivity index (χ1v) is 3.84. The number of carbonyl (C=O) groups is 1. The topological polar surface area (TPSA) is 52.7 Å². The summed E-state index contributed by atoms with van der Waals surface area (Å²) in [5.41, 5.74) is -0.451. The van der Waals surface area contributed by atoms with Crippen LogP contribution in [0.25, 0.3) is 0 Å². The second kappa shape index (κ2) is 4.09. The van der Waals surface area contributed by atoms with E-state index in [9.17, 15) is 9.90 Å². The summed E-state index contributed by atoms with van der Waals surface area (Å²) in [6.45, 7) is 5.89. The van der Waals surface area contributed by atoms with Crippen molar-refractivity contribution < 1.29 is 44.2 Å². The summed E-state index contributed by atoms with van der Waals surface area (Å²) < 4.78 is 5.01. The Morgan fingerprint density at radius 2 is 2.17 bits per heavy atom. The summed E-state index contributed by atoms with van der Waals surface area (Å²) in [5, 5.41) is 10.3. The van der Waals surface area contributed by atoms with Crippen LogP contribution >= 0.6 is 0 Å². The zero-order valence-electron chi connectivity index (χ0n) is 8.09. The van der Waals surface area contributed by atoms with Crippen molar-refractivity contribution >= 4 is 5.97 Å². The third-order valence-corrected chi connectivity index (χ3v) is 1.91. The van der Waals surface area contributed by atoms with E-state index in [1.807, 2.05) is 20.8 Å². The number of carbonyl (C=O) groups excluding carboxylic acids is 1. The van der Waals surface area contributed by atoms with Crippen LogP contribution in [0.3, 0.4) is 0 Å². The Morgan fingerprint density at radius 3 is 2.42 bits per heavy atom. The third-order valence-electron chi connectivity index (χ3n) is 1.91. The molecule has 0 radical (unpaired) electrons. The van der Waals surface area contributed by atoms with E-state index in [0.717, 1.165) is 6.42 Å². The van der Waals surface area contributed by atoms with E-state index in [1.54, 1.807) is 0 Å². The number of hydrogen-bond acceptors (Lipinski definition) is 3. The Labute approximate surface area is 94.8 Å². The Kier molecular flexibility index (Phi) is 4.24. The molecule has 0 aromatic carbocycles. The van der Waals surface area contributed by atoms with Gasteiger partial charge in [-0.05, 0) is 19.3 Å². The molecule has 2 atom stereocenters. The van der Waals surface area contributed by atoms with E-state index < -0.39 is 17.7 Å². The molecule has 0 aliphatic carbocycles. The normalized spacial score (nSPS) is 32.8. The number of epoxide rings is 1. The van der Waals surface area contributed by atoms with Crippen molar-refractivity contribution in [1.82, 2.24) is 0 Å². The molecule has 4 heteroatoms. The molecule has 2 unspecified atom stereocenters. The van der Waals surface area contributed by atoms with E-state index in [-0.39, 0.29) is 29.6 Å². The largest absolute Gasteiger partial charge is 1.00 e. The van der Waals surface area contributed by atoms with Crippen molar-refractivity contribution in [1.29, 1.82) is 0 Å². The van der Waals surface area contributed by atoms with Crippen LogP contribution in [0.2, 0.25) is 0 Å².